The van der Waals surface area contributed by atoms with Gasteiger partial charge >= 0.3 is 0 Å². The molecule has 2 aromatic heterocycles. The van der Waals surface area contributed by atoms with Crippen LogP contribution in [0.15, 0.2) is 28.2 Å². The lowest BCUT2D eigenvalue weighted by Gasteiger charge is -2.25. The number of hydrogen-bond donors (Lipinski definition) is 3. The van der Waals surface area contributed by atoms with Crippen LogP contribution in [0.5, 0.6) is 0 Å². The fourth-order valence-electron chi connectivity index (χ4n) is 2.07. The highest BCUT2D eigenvalue weighted by molar-refractivity contribution is 7.80. The number of ether oxygens (including phenoxy) is 1. The second-order valence-electron chi connectivity index (χ2n) is 4.96. The average molecular weight is 367 g/mol. The lowest BCUT2D eigenvalue weighted by atomic mass is 10.4. The van der Waals surface area contributed by atoms with Gasteiger partial charge in [-0.2, -0.15) is 0 Å². The molecule has 1 amide bonds. The SMILES string of the molecule is O=C(NNC(=S)NCc1ccco1)c1csc(N2CCOCC2)n1. The normalized spacial score (nSPS) is 14.2. The van der Waals surface area contributed by atoms with E-state index in [1.807, 2.05) is 6.07 Å². The Morgan fingerprint density at radius 3 is 2.96 bits per heavy atom. The minimum atomic E-state index is -0.340. The topological polar surface area (TPSA) is 91.7 Å². The summed E-state index contributed by atoms with van der Waals surface area (Å²) in [6.45, 7) is 3.37. The van der Waals surface area contributed by atoms with Crippen LogP contribution in [0.25, 0.3) is 0 Å². The van der Waals surface area contributed by atoms with Crippen LogP contribution in [0.1, 0.15) is 16.2 Å². The van der Waals surface area contributed by atoms with Gasteiger partial charge in [0.1, 0.15) is 11.5 Å². The largest absolute Gasteiger partial charge is 0.467 e. The first-order valence-corrected chi connectivity index (χ1v) is 8.66. The summed E-state index contributed by atoms with van der Waals surface area (Å²) in [7, 11) is 0. The molecule has 1 fully saturated rings. The molecule has 10 heteroatoms. The van der Waals surface area contributed by atoms with Crippen LogP contribution < -0.4 is 21.1 Å². The van der Waals surface area contributed by atoms with Crippen molar-refractivity contribution in [1.29, 1.82) is 0 Å². The molecule has 2 aromatic rings. The number of hydrazine groups is 1. The molecular formula is C14H17N5O3S2. The summed E-state index contributed by atoms with van der Waals surface area (Å²) in [5.41, 5.74) is 5.51. The smallest absolute Gasteiger partial charge is 0.289 e. The van der Waals surface area contributed by atoms with Gasteiger partial charge in [-0.25, -0.2) is 4.98 Å². The number of anilines is 1. The molecule has 0 saturated carbocycles. The van der Waals surface area contributed by atoms with Crippen molar-refractivity contribution in [2.24, 2.45) is 0 Å². The monoisotopic (exact) mass is 367 g/mol. The lowest BCUT2D eigenvalue weighted by Crippen LogP contribution is -2.46. The molecule has 3 heterocycles. The zero-order chi connectivity index (χ0) is 16.8. The van der Waals surface area contributed by atoms with E-state index in [-0.39, 0.29) is 5.91 Å². The standard InChI is InChI=1S/C14H17N5O3S2/c20-12(17-18-13(23)15-8-10-2-1-5-22-10)11-9-24-14(16-11)19-3-6-21-7-4-19/h1-2,5,9H,3-4,6-8H2,(H,17,20)(H2,15,18,23). The maximum atomic E-state index is 12.1. The fourth-order valence-corrected chi connectivity index (χ4v) is 3.05. The number of morpholine rings is 1. The van der Waals surface area contributed by atoms with Gasteiger partial charge in [-0.3, -0.25) is 15.6 Å². The Labute approximate surface area is 148 Å². The van der Waals surface area contributed by atoms with Crippen molar-refractivity contribution in [3.63, 3.8) is 0 Å². The highest BCUT2D eigenvalue weighted by Crippen LogP contribution is 2.21. The Morgan fingerprint density at radius 2 is 2.21 bits per heavy atom. The minimum absolute atomic E-state index is 0.295. The summed E-state index contributed by atoms with van der Waals surface area (Å²) in [5, 5.41) is 5.76. The molecule has 0 spiro atoms. The molecule has 0 radical (unpaired) electrons. The van der Waals surface area contributed by atoms with Crippen LogP contribution in [0.2, 0.25) is 0 Å². The molecule has 3 N–H and O–H groups in total. The van der Waals surface area contributed by atoms with E-state index in [0.29, 0.717) is 30.6 Å². The third-order valence-electron chi connectivity index (χ3n) is 3.30. The molecule has 0 aliphatic carbocycles. The third kappa shape index (κ3) is 4.43. The minimum Gasteiger partial charge on any atom is -0.467 e. The van der Waals surface area contributed by atoms with Gasteiger partial charge < -0.3 is 19.4 Å². The summed E-state index contributed by atoms with van der Waals surface area (Å²) in [5.74, 6) is 0.410. The van der Waals surface area contributed by atoms with Crippen LogP contribution in [0.3, 0.4) is 0 Å². The second-order valence-corrected chi connectivity index (χ2v) is 6.20. The predicted molar refractivity (Wildman–Crippen MR) is 93.9 cm³/mol. The van der Waals surface area contributed by atoms with Gasteiger partial charge in [-0.05, 0) is 24.4 Å². The Bertz CT molecular complexity index is 682. The van der Waals surface area contributed by atoms with E-state index in [1.54, 1.807) is 17.7 Å². The highest BCUT2D eigenvalue weighted by atomic mass is 32.1. The second kappa shape index (κ2) is 8.08. The summed E-state index contributed by atoms with van der Waals surface area (Å²) < 4.78 is 10.5. The van der Waals surface area contributed by atoms with Crippen LogP contribution >= 0.6 is 23.6 Å². The summed E-state index contributed by atoms with van der Waals surface area (Å²) in [6.07, 6.45) is 1.59. The first kappa shape index (κ1) is 16.7. The van der Waals surface area contributed by atoms with Crippen molar-refractivity contribution >= 4 is 39.7 Å². The number of aromatic nitrogens is 1. The molecule has 1 aliphatic heterocycles. The van der Waals surface area contributed by atoms with Gasteiger partial charge in [-0.1, -0.05) is 0 Å². The van der Waals surface area contributed by atoms with E-state index in [2.05, 4.69) is 26.1 Å². The van der Waals surface area contributed by atoms with E-state index in [0.717, 1.165) is 24.0 Å². The van der Waals surface area contributed by atoms with E-state index in [4.69, 9.17) is 21.4 Å². The number of furan rings is 1. The average Bonchev–Trinajstić information content (AvgIpc) is 3.30. The Hall–Kier alpha value is -2.17. The van der Waals surface area contributed by atoms with Crippen LogP contribution in [-0.2, 0) is 11.3 Å². The van der Waals surface area contributed by atoms with Crippen molar-refractivity contribution in [1.82, 2.24) is 21.2 Å². The van der Waals surface area contributed by atoms with Gasteiger partial charge in [0.2, 0.25) is 0 Å². The molecule has 128 valence electrons. The molecule has 3 rings (SSSR count). The molecule has 0 aromatic carbocycles. The molecule has 24 heavy (non-hydrogen) atoms. The van der Waals surface area contributed by atoms with Crippen molar-refractivity contribution in [3.05, 3.63) is 35.2 Å². The summed E-state index contributed by atoms with van der Waals surface area (Å²) in [4.78, 5) is 18.6. The van der Waals surface area contributed by atoms with Crippen LogP contribution in [0, 0.1) is 0 Å². The van der Waals surface area contributed by atoms with Gasteiger partial charge in [-0.15, -0.1) is 11.3 Å². The van der Waals surface area contributed by atoms with E-state index >= 15 is 0 Å². The van der Waals surface area contributed by atoms with E-state index in [9.17, 15) is 4.79 Å². The Balaban J connectivity index is 1.44. The first-order valence-electron chi connectivity index (χ1n) is 7.37. The number of thiocarbonyl (C=S) groups is 1. The van der Waals surface area contributed by atoms with Gasteiger partial charge in [0.15, 0.2) is 10.2 Å². The Kier molecular flexibility index (Phi) is 5.62. The van der Waals surface area contributed by atoms with Crippen molar-refractivity contribution in [2.45, 2.75) is 6.54 Å². The van der Waals surface area contributed by atoms with Crippen molar-refractivity contribution in [3.8, 4) is 0 Å². The molecule has 0 unspecified atom stereocenters. The van der Waals surface area contributed by atoms with Crippen LogP contribution in [-0.4, -0.2) is 42.3 Å². The zero-order valence-corrected chi connectivity index (χ0v) is 14.4. The number of amides is 1. The number of rotatable bonds is 4. The van der Waals surface area contributed by atoms with Gasteiger partial charge in [0, 0.05) is 18.5 Å². The van der Waals surface area contributed by atoms with Crippen molar-refractivity contribution < 1.29 is 13.9 Å². The predicted octanol–water partition coefficient (Wildman–Crippen LogP) is 0.882. The number of thiazole rings is 1. The molecule has 8 nitrogen and oxygen atoms in total. The van der Waals surface area contributed by atoms with E-state index < -0.39 is 0 Å². The van der Waals surface area contributed by atoms with Crippen LogP contribution in [0.4, 0.5) is 5.13 Å². The Morgan fingerprint density at radius 1 is 1.38 bits per heavy atom. The maximum Gasteiger partial charge on any atom is 0.289 e. The summed E-state index contributed by atoms with van der Waals surface area (Å²) >= 11 is 6.52. The highest BCUT2D eigenvalue weighted by Gasteiger charge is 2.17. The number of nitrogens with zero attached hydrogens (tertiary/aromatic N) is 2. The fraction of sp³-hybridized carbons (Fsp3) is 0.357. The first-order chi connectivity index (χ1) is 11.7. The van der Waals surface area contributed by atoms with Crippen molar-refractivity contribution in [2.75, 3.05) is 31.2 Å². The zero-order valence-electron chi connectivity index (χ0n) is 12.8. The number of hydrogen-bond acceptors (Lipinski definition) is 7. The maximum absolute atomic E-state index is 12.1. The molecular weight excluding hydrogens is 350 g/mol. The third-order valence-corrected chi connectivity index (χ3v) is 4.45. The van der Waals surface area contributed by atoms with E-state index in [1.165, 1.54) is 11.3 Å². The van der Waals surface area contributed by atoms with Gasteiger partial charge in [0.25, 0.3) is 5.91 Å². The summed E-state index contributed by atoms with van der Waals surface area (Å²) in [6, 6.07) is 3.63. The number of carbonyl (C=O) groups is 1. The molecule has 0 bridgehead atoms. The molecule has 1 aliphatic rings. The number of carbonyl (C=O) groups excluding carboxylic acids is 1. The lowest BCUT2D eigenvalue weighted by molar-refractivity contribution is 0.0939. The molecule has 1 saturated heterocycles. The quantitative estimate of drug-likeness (QED) is 0.542. The van der Waals surface area contributed by atoms with Gasteiger partial charge in [0.05, 0.1) is 26.0 Å². The number of nitrogens with one attached hydrogen (secondary N) is 3. The molecule has 0 atom stereocenters.